The quantitative estimate of drug-likeness (QED) is 0.590. The standard InChI is InChI=1S/C22H24N2O4/c1-5-9-16-19(14-10-7-6-8-11-14)24-22(23-16)20(25)15-12-17(26-2)21(28-4)18(13-15)27-3/h6-8,10-13H,5,9H2,1-4H3,(H,23,24). The SMILES string of the molecule is CCCc1[nH]c(C(=O)c2cc(OC)c(OC)c(OC)c2)nc1-c1ccccc1. The first kappa shape index (κ1) is 19.5. The van der Waals surface area contributed by atoms with Crippen LogP contribution in [0.2, 0.25) is 0 Å². The Labute approximate surface area is 164 Å². The number of nitrogens with zero attached hydrogens (tertiary/aromatic N) is 1. The molecule has 0 saturated heterocycles. The Morgan fingerprint density at radius 2 is 1.64 bits per heavy atom. The van der Waals surface area contributed by atoms with Crippen molar-refractivity contribution in [2.45, 2.75) is 19.8 Å². The molecule has 3 rings (SSSR count). The topological polar surface area (TPSA) is 73.4 Å². The highest BCUT2D eigenvalue weighted by atomic mass is 16.5. The van der Waals surface area contributed by atoms with Crippen LogP contribution in [0.4, 0.5) is 0 Å². The fourth-order valence-corrected chi connectivity index (χ4v) is 3.13. The smallest absolute Gasteiger partial charge is 0.228 e. The largest absolute Gasteiger partial charge is 0.493 e. The second-order valence-corrected chi connectivity index (χ2v) is 6.27. The lowest BCUT2D eigenvalue weighted by molar-refractivity contribution is 0.102. The molecule has 1 heterocycles. The highest BCUT2D eigenvalue weighted by Crippen LogP contribution is 2.38. The average molecular weight is 380 g/mol. The third kappa shape index (κ3) is 3.71. The van der Waals surface area contributed by atoms with Gasteiger partial charge in [-0.25, -0.2) is 4.98 Å². The van der Waals surface area contributed by atoms with Crippen LogP contribution >= 0.6 is 0 Å². The number of ketones is 1. The van der Waals surface area contributed by atoms with Gasteiger partial charge in [0.05, 0.1) is 27.0 Å². The Morgan fingerprint density at radius 1 is 1.00 bits per heavy atom. The Morgan fingerprint density at radius 3 is 2.18 bits per heavy atom. The van der Waals surface area contributed by atoms with E-state index in [2.05, 4.69) is 16.9 Å². The number of benzene rings is 2. The molecule has 6 nitrogen and oxygen atoms in total. The van der Waals surface area contributed by atoms with E-state index in [1.54, 1.807) is 12.1 Å². The molecule has 0 fully saturated rings. The molecule has 28 heavy (non-hydrogen) atoms. The van der Waals surface area contributed by atoms with Gasteiger partial charge in [-0.2, -0.15) is 0 Å². The summed E-state index contributed by atoms with van der Waals surface area (Å²) < 4.78 is 16.0. The van der Waals surface area contributed by atoms with Gasteiger partial charge in [-0.05, 0) is 18.6 Å². The van der Waals surface area contributed by atoms with Crippen LogP contribution in [0, 0.1) is 0 Å². The molecule has 0 aliphatic carbocycles. The lowest BCUT2D eigenvalue weighted by Crippen LogP contribution is -2.06. The lowest BCUT2D eigenvalue weighted by Gasteiger charge is -2.13. The second kappa shape index (κ2) is 8.61. The third-order valence-electron chi connectivity index (χ3n) is 4.47. The number of aromatic nitrogens is 2. The number of hydrogen-bond acceptors (Lipinski definition) is 5. The summed E-state index contributed by atoms with van der Waals surface area (Å²) in [5.74, 6) is 1.34. The summed E-state index contributed by atoms with van der Waals surface area (Å²) in [4.78, 5) is 21.0. The Balaban J connectivity index is 2.06. The molecule has 0 aliphatic rings. The second-order valence-electron chi connectivity index (χ2n) is 6.27. The summed E-state index contributed by atoms with van der Waals surface area (Å²) in [5.41, 5.74) is 3.14. The molecular formula is C22H24N2O4. The number of methoxy groups -OCH3 is 3. The predicted molar refractivity (Wildman–Crippen MR) is 108 cm³/mol. The van der Waals surface area contributed by atoms with Crippen molar-refractivity contribution in [1.82, 2.24) is 9.97 Å². The number of carbonyl (C=O) groups excluding carboxylic acids is 1. The van der Waals surface area contributed by atoms with E-state index in [-0.39, 0.29) is 11.6 Å². The van der Waals surface area contributed by atoms with E-state index in [0.29, 0.717) is 22.8 Å². The van der Waals surface area contributed by atoms with Gasteiger partial charge < -0.3 is 19.2 Å². The fourth-order valence-electron chi connectivity index (χ4n) is 3.13. The van der Waals surface area contributed by atoms with Gasteiger partial charge in [0.15, 0.2) is 17.3 Å². The van der Waals surface area contributed by atoms with E-state index >= 15 is 0 Å². The first-order valence-corrected chi connectivity index (χ1v) is 9.11. The minimum atomic E-state index is -0.237. The molecule has 0 atom stereocenters. The number of carbonyl (C=O) groups is 1. The predicted octanol–water partition coefficient (Wildman–Crippen LogP) is 4.29. The number of H-pyrrole nitrogens is 1. The zero-order chi connectivity index (χ0) is 20.1. The number of aromatic amines is 1. The maximum Gasteiger partial charge on any atom is 0.228 e. The highest BCUT2D eigenvalue weighted by molar-refractivity contribution is 6.07. The van der Waals surface area contributed by atoms with Crippen LogP contribution in [-0.2, 0) is 6.42 Å². The Hall–Kier alpha value is -3.28. The summed E-state index contributed by atoms with van der Waals surface area (Å²) in [6.07, 6.45) is 1.75. The van der Waals surface area contributed by atoms with Crippen LogP contribution in [0.3, 0.4) is 0 Å². The van der Waals surface area contributed by atoms with Crippen molar-refractivity contribution in [2.24, 2.45) is 0 Å². The molecule has 0 unspecified atom stereocenters. The van der Waals surface area contributed by atoms with Crippen molar-refractivity contribution in [3.05, 3.63) is 59.5 Å². The summed E-state index contributed by atoms with van der Waals surface area (Å²) >= 11 is 0. The molecule has 6 heteroatoms. The first-order valence-electron chi connectivity index (χ1n) is 9.11. The van der Waals surface area contributed by atoms with Gasteiger partial charge in [-0.1, -0.05) is 43.7 Å². The molecule has 0 bridgehead atoms. The van der Waals surface area contributed by atoms with Gasteiger partial charge >= 0.3 is 0 Å². The molecule has 0 saturated carbocycles. The summed E-state index contributed by atoms with van der Waals surface area (Å²) in [6, 6.07) is 13.1. The fraction of sp³-hybridized carbons (Fsp3) is 0.273. The summed E-state index contributed by atoms with van der Waals surface area (Å²) in [6.45, 7) is 2.09. The van der Waals surface area contributed by atoms with E-state index in [1.807, 2.05) is 30.3 Å². The first-order chi connectivity index (χ1) is 13.6. The highest BCUT2D eigenvalue weighted by Gasteiger charge is 2.22. The minimum Gasteiger partial charge on any atom is -0.493 e. The van der Waals surface area contributed by atoms with Crippen molar-refractivity contribution < 1.29 is 19.0 Å². The van der Waals surface area contributed by atoms with E-state index in [4.69, 9.17) is 14.2 Å². The number of hydrogen-bond donors (Lipinski definition) is 1. The van der Waals surface area contributed by atoms with Crippen molar-refractivity contribution >= 4 is 5.78 Å². The summed E-state index contributed by atoms with van der Waals surface area (Å²) in [5, 5.41) is 0. The van der Waals surface area contributed by atoms with Gasteiger partial charge in [0, 0.05) is 16.8 Å². The van der Waals surface area contributed by atoms with E-state index < -0.39 is 0 Å². The summed E-state index contributed by atoms with van der Waals surface area (Å²) in [7, 11) is 4.56. The minimum absolute atomic E-state index is 0.237. The van der Waals surface area contributed by atoms with Crippen LogP contribution in [0.25, 0.3) is 11.3 Å². The number of nitrogens with one attached hydrogen (secondary N) is 1. The molecule has 146 valence electrons. The molecule has 0 amide bonds. The van der Waals surface area contributed by atoms with Crippen LogP contribution < -0.4 is 14.2 Å². The van der Waals surface area contributed by atoms with E-state index in [0.717, 1.165) is 29.8 Å². The maximum absolute atomic E-state index is 13.1. The molecule has 0 radical (unpaired) electrons. The van der Waals surface area contributed by atoms with E-state index in [9.17, 15) is 4.79 Å². The zero-order valence-electron chi connectivity index (χ0n) is 16.5. The molecule has 0 aliphatic heterocycles. The van der Waals surface area contributed by atoms with Gasteiger partial charge in [0.2, 0.25) is 11.5 Å². The van der Waals surface area contributed by atoms with Gasteiger partial charge in [0.25, 0.3) is 0 Å². The Bertz CT molecular complexity index is 939. The van der Waals surface area contributed by atoms with Crippen LogP contribution in [0.1, 0.15) is 35.2 Å². The molecule has 1 aromatic heterocycles. The molecule has 3 aromatic rings. The van der Waals surface area contributed by atoms with Crippen LogP contribution in [0.5, 0.6) is 17.2 Å². The van der Waals surface area contributed by atoms with Gasteiger partial charge in [-0.15, -0.1) is 0 Å². The van der Waals surface area contributed by atoms with Crippen LogP contribution in [0.15, 0.2) is 42.5 Å². The maximum atomic E-state index is 13.1. The van der Waals surface area contributed by atoms with Gasteiger partial charge in [-0.3, -0.25) is 4.79 Å². The monoisotopic (exact) mass is 380 g/mol. The number of ether oxygens (including phenoxy) is 3. The third-order valence-corrected chi connectivity index (χ3v) is 4.47. The normalized spacial score (nSPS) is 10.6. The number of aryl methyl sites for hydroxylation is 1. The van der Waals surface area contributed by atoms with Gasteiger partial charge in [0.1, 0.15) is 0 Å². The number of imidazole rings is 1. The molecule has 2 aromatic carbocycles. The zero-order valence-corrected chi connectivity index (χ0v) is 16.5. The van der Waals surface area contributed by atoms with Crippen molar-refractivity contribution in [3.63, 3.8) is 0 Å². The van der Waals surface area contributed by atoms with Crippen LogP contribution in [-0.4, -0.2) is 37.1 Å². The lowest BCUT2D eigenvalue weighted by atomic mass is 10.1. The Kier molecular flexibility index (Phi) is 5.99. The number of rotatable bonds is 8. The van der Waals surface area contributed by atoms with Crippen molar-refractivity contribution in [3.8, 4) is 28.5 Å². The van der Waals surface area contributed by atoms with E-state index in [1.165, 1.54) is 21.3 Å². The van der Waals surface area contributed by atoms with Crippen molar-refractivity contribution in [1.29, 1.82) is 0 Å². The molecular weight excluding hydrogens is 356 g/mol. The molecule has 0 spiro atoms. The van der Waals surface area contributed by atoms with Crippen molar-refractivity contribution in [2.75, 3.05) is 21.3 Å². The molecule has 1 N–H and O–H groups in total. The average Bonchev–Trinajstić information content (AvgIpc) is 3.16.